The number of pyridine rings is 1. The zero-order chi connectivity index (χ0) is 21.1. The Morgan fingerprint density at radius 2 is 2.03 bits per heavy atom. The third-order valence-electron chi connectivity index (χ3n) is 4.47. The van der Waals surface area contributed by atoms with E-state index in [0.717, 1.165) is 6.07 Å². The first-order valence-electron chi connectivity index (χ1n) is 8.98. The first-order valence-corrected chi connectivity index (χ1v) is 8.98. The molecule has 2 aromatic carbocycles. The number of hydrogen-bond donors (Lipinski definition) is 2. The van der Waals surface area contributed by atoms with E-state index in [1.807, 2.05) is 0 Å². The van der Waals surface area contributed by atoms with Crippen molar-refractivity contribution < 1.29 is 18.3 Å². The second-order valence-corrected chi connectivity index (χ2v) is 6.50. The number of carbonyl (C=O) groups is 1. The smallest absolute Gasteiger partial charge is 0.274 e. The Bertz CT molecular complexity index is 1280. The average molecular weight is 410 g/mol. The van der Waals surface area contributed by atoms with E-state index >= 15 is 0 Å². The van der Waals surface area contributed by atoms with Crippen LogP contribution in [0, 0.1) is 11.6 Å². The maximum Gasteiger partial charge on any atom is 0.274 e. The fraction of sp³-hybridized carbons (Fsp3) is 0.0952. The maximum atomic E-state index is 13.7. The summed E-state index contributed by atoms with van der Waals surface area (Å²) in [5.41, 5.74) is 1.41. The van der Waals surface area contributed by atoms with Crippen LogP contribution in [0.1, 0.15) is 11.4 Å². The van der Waals surface area contributed by atoms with Gasteiger partial charge in [-0.25, -0.2) is 13.8 Å². The number of hydrogen-bond acceptors (Lipinski definition) is 4. The average Bonchev–Trinajstić information content (AvgIpc) is 3.12. The second-order valence-electron chi connectivity index (χ2n) is 6.50. The molecule has 2 aromatic heterocycles. The fourth-order valence-corrected chi connectivity index (χ4v) is 3.00. The fourth-order valence-electron chi connectivity index (χ4n) is 3.00. The zero-order valence-electron chi connectivity index (χ0n) is 15.6. The summed E-state index contributed by atoms with van der Waals surface area (Å²) in [6, 6.07) is 11.6. The summed E-state index contributed by atoms with van der Waals surface area (Å²) in [7, 11) is 0. The molecule has 9 heteroatoms. The Hall–Kier alpha value is -4.01. The van der Waals surface area contributed by atoms with Crippen molar-refractivity contribution in [1.82, 2.24) is 14.5 Å². The number of amides is 1. The maximum absolute atomic E-state index is 13.7. The summed E-state index contributed by atoms with van der Waals surface area (Å²) in [6.45, 7) is 0.128. The number of imidazole rings is 1. The van der Waals surface area contributed by atoms with Gasteiger partial charge in [0.1, 0.15) is 35.5 Å². The van der Waals surface area contributed by atoms with E-state index in [9.17, 15) is 18.4 Å². The lowest BCUT2D eigenvalue weighted by molar-refractivity contribution is -0.105. The summed E-state index contributed by atoms with van der Waals surface area (Å²) in [6.07, 6.45) is 2.04. The van der Waals surface area contributed by atoms with E-state index in [-0.39, 0.29) is 30.0 Å². The molecule has 1 amide bonds. The largest absolute Gasteiger partial charge is 0.489 e. The van der Waals surface area contributed by atoms with Crippen molar-refractivity contribution in [3.63, 3.8) is 0 Å². The number of anilines is 1. The second kappa shape index (κ2) is 8.16. The van der Waals surface area contributed by atoms with Crippen molar-refractivity contribution >= 4 is 23.1 Å². The van der Waals surface area contributed by atoms with Crippen LogP contribution in [-0.2, 0) is 17.9 Å². The molecule has 4 rings (SSSR count). The van der Waals surface area contributed by atoms with Crippen LogP contribution in [0.5, 0.6) is 5.75 Å². The van der Waals surface area contributed by atoms with E-state index in [1.54, 1.807) is 30.5 Å². The molecule has 0 spiro atoms. The Balaban J connectivity index is 1.52. The molecular formula is C21H16F2N4O3. The van der Waals surface area contributed by atoms with E-state index in [4.69, 9.17) is 4.74 Å². The third kappa shape index (κ3) is 4.04. The van der Waals surface area contributed by atoms with Gasteiger partial charge in [0.2, 0.25) is 6.41 Å². The number of aromatic nitrogens is 3. The Kier molecular flexibility index (Phi) is 5.25. The number of fused-ring (bicyclic) bond motifs is 1. The highest BCUT2D eigenvalue weighted by Gasteiger charge is 2.09. The van der Waals surface area contributed by atoms with Gasteiger partial charge >= 0.3 is 0 Å². The summed E-state index contributed by atoms with van der Waals surface area (Å²) < 4.78 is 33.8. The number of ether oxygens (including phenoxy) is 1. The molecule has 0 radical (unpaired) electrons. The minimum absolute atomic E-state index is 0.0511. The van der Waals surface area contributed by atoms with Crippen LogP contribution < -0.4 is 15.6 Å². The number of carbonyl (C=O) groups excluding carboxylic acids is 1. The van der Waals surface area contributed by atoms with Gasteiger partial charge in [-0.05, 0) is 36.4 Å². The molecule has 0 saturated heterocycles. The van der Waals surface area contributed by atoms with E-state index in [2.05, 4.69) is 15.3 Å². The molecule has 0 atom stereocenters. The number of nitrogens with one attached hydrogen (secondary N) is 2. The molecule has 0 unspecified atom stereocenters. The summed E-state index contributed by atoms with van der Waals surface area (Å²) in [4.78, 5) is 30.5. The molecule has 30 heavy (non-hydrogen) atoms. The quantitative estimate of drug-likeness (QED) is 0.458. The summed E-state index contributed by atoms with van der Waals surface area (Å²) >= 11 is 0. The van der Waals surface area contributed by atoms with Crippen molar-refractivity contribution in [3.8, 4) is 5.75 Å². The van der Waals surface area contributed by atoms with Crippen molar-refractivity contribution in [2.75, 3.05) is 5.32 Å². The monoisotopic (exact) mass is 410 g/mol. The molecule has 7 nitrogen and oxygen atoms in total. The first kappa shape index (κ1) is 19.3. The van der Waals surface area contributed by atoms with Gasteiger partial charge in [-0.3, -0.25) is 9.59 Å². The van der Waals surface area contributed by atoms with Crippen LogP contribution in [0.4, 0.5) is 14.5 Å². The van der Waals surface area contributed by atoms with E-state index in [0.29, 0.717) is 29.0 Å². The van der Waals surface area contributed by atoms with Crippen LogP contribution in [0.2, 0.25) is 0 Å². The predicted molar refractivity (Wildman–Crippen MR) is 106 cm³/mol. The minimum atomic E-state index is -0.670. The Morgan fingerprint density at radius 1 is 1.17 bits per heavy atom. The molecule has 0 aliphatic heterocycles. The highest BCUT2D eigenvalue weighted by atomic mass is 19.1. The number of H-pyrrole nitrogens is 1. The lowest BCUT2D eigenvalue weighted by atomic mass is 10.2. The molecule has 2 N–H and O–H groups in total. The van der Waals surface area contributed by atoms with Crippen LogP contribution in [0.25, 0.3) is 11.0 Å². The van der Waals surface area contributed by atoms with E-state index in [1.165, 1.54) is 22.8 Å². The molecule has 0 aliphatic carbocycles. The van der Waals surface area contributed by atoms with Crippen molar-refractivity contribution in [3.05, 3.63) is 88.1 Å². The summed E-state index contributed by atoms with van der Waals surface area (Å²) in [5.74, 6) is -0.293. The molecule has 0 fully saturated rings. The Labute approximate surface area is 168 Å². The van der Waals surface area contributed by atoms with Gasteiger partial charge in [0.15, 0.2) is 0 Å². The molecule has 0 saturated carbocycles. The van der Waals surface area contributed by atoms with Crippen LogP contribution >= 0.6 is 0 Å². The standard InChI is InChI=1S/C21H16F2N4O3/c22-14-4-3-13(16(23)8-14)11-30-15-5-6-17-19(9-15)26-20(25-17)10-27-7-1-2-18(21(27)29)24-12-28/h1-9,12H,10-11H2,(H,24,28)(H,25,26). The van der Waals surface area contributed by atoms with Gasteiger partial charge in [-0.2, -0.15) is 0 Å². The Morgan fingerprint density at radius 3 is 2.83 bits per heavy atom. The zero-order valence-corrected chi connectivity index (χ0v) is 15.6. The van der Waals surface area contributed by atoms with Gasteiger partial charge in [-0.15, -0.1) is 0 Å². The number of aromatic amines is 1. The topological polar surface area (TPSA) is 89.0 Å². The molecule has 152 valence electrons. The first-order chi connectivity index (χ1) is 14.5. The van der Waals surface area contributed by atoms with Crippen molar-refractivity contribution in [2.45, 2.75) is 13.2 Å². The van der Waals surface area contributed by atoms with Gasteiger partial charge in [-0.1, -0.05) is 0 Å². The molecule has 4 aromatic rings. The highest BCUT2D eigenvalue weighted by Crippen LogP contribution is 2.21. The van der Waals surface area contributed by atoms with Gasteiger partial charge in [0, 0.05) is 23.9 Å². The lowest BCUT2D eigenvalue weighted by Gasteiger charge is -2.07. The number of halogens is 2. The molecular weight excluding hydrogens is 394 g/mol. The number of benzene rings is 2. The van der Waals surface area contributed by atoms with Crippen LogP contribution in [0.3, 0.4) is 0 Å². The molecule has 2 heterocycles. The van der Waals surface area contributed by atoms with Gasteiger partial charge < -0.3 is 19.6 Å². The number of rotatable bonds is 7. The lowest BCUT2D eigenvalue weighted by Crippen LogP contribution is -2.23. The minimum Gasteiger partial charge on any atom is -0.489 e. The SMILES string of the molecule is O=CNc1cccn(Cc2nc3ccc(OCc4ccc(F)cc4F)cc3[nH]2)c1=O. The van der Waals surface area contributed by atoms with Crippen molar-refractivity contribution in [1.29, 1.82) is 0 Å². The van der Waals surface area contributed by atoms with Gasteiger partial charge in [0.25, 0.3) is 5.56 Å². The molecule has 0 aliphatic rings. The normalized spacial score (nSPS) is 10.9. The third-order valence-corrected chi connectivity index (χ3v) is 4.47. The highest BCUT2D eigenvalue weighted by molar-refractivity contribution is 5.76. The van der Waals surface area contributed by atoms with Crippen LogP contribution in [-0.4, -0.2) is 20.9 Å². The number of nitrogens with zero attached hydrogens (tertiary/aromatic N) is 2. The predicted octanol–water partition coefficient (Wildman–Crippen LogP) is 3.20. The summed E-state index contributed by atoms with van der Waals surface area (Å²) in [5, 5.41) is 2.36. The molecule has 0 bridgehead atoms. The van der Waals surface area contributed by atoms with E-state index < -0.39 is 11.6 Å². The van der Waals surface area contributed by atoms with Crippen LogP contribution in [0.15, 0.2) is 59.5 Å². The van der Waals surface area contributed by atoms with Crippen molar-refractivity contribution in [2.24, 2.45) is 0 Å². The van der Waals surface area contributed by atoms with Gasteiger partial charge in [0.05, 0.1) is 17.6 Å².